The molecule has 0 aliphatic rings. The molecule has 33 heavy (non-hydrogen) atoms. The summed E-state index contributed by atoms with van der Waals surface area (Å²) < 4.78 is 17.3. The van der Waals surface area contributed by atoms with Gasteiger partial charge in [0, 0.05) is 0 Å². The lowest BCUT2D eigenvalue weighted by Crippen LogP contribution is -2.23. The minimum Gasteiger partial charge on any atom is -0.461 e. The molecule has 0 unspecified atom stereocenters. The number of carbonyl (C=O) groups excluding carboxylic acids is 1. The van der Waals surface area contributed by atoms with Crippen LogP contribution in [0.3, 0.4) is 0 Å². The van der Waals surface area contributed by atoms with Gasteiger partial charge in [-0.3, -0.25) is 9.59 Å². The van der Waals surface area contributed by atoms with Crippen LogP contribution < -0.4 is 10.2 Å². The Morgan fingerprint density at radius 3 is 2.12 bits per heavy atom. The Balaban J connectivity index is 1.65. The molecule has 0 amide bonds. The maximum atomic E-state index is 13.5. The lowest BCUT2D eigenvalue weighted by Gasteiger charge is -2.17. The SMILES string of the molecule is Cc1ccc2c(=O)c(OC(=O)C(c3ccccc3)c3ccccc3)c(-c3ccco3)oc2c1. The van der Waals surface area contributed by atoms with Gasteiger partial charge in [-0.25, -0.2) is 0 Å². The molecule has 0 aliphatic carbocycles. The molecule has 2 heterocycles. The van der Waals surface area contributed by atoms with Crippen LogP contribution in [-0.4, -0.2) is 5.97 Å². The van der Waals surface area contributed by atoms with Crippen molar-refractivity contribution in [3.63, 3.8) is 0 Å². The second kappa shape index (κ2) is 8.63. The predicted molar refractivity (Wildman–Crippen MR) is 125 cm³/mol. The van der Waals surface area contributed by atoms with E-state index in [4.69, 9.17) is 13.6 Å². The highest BCUT2D eigenvalue weighted by Gasteiger charge is 2.29. The van der Waals surface area contributed by atoms with Gasteiger partial charge in [-0.1, -0.05) is 66.7 Å². The van der Waals surface area contributed by atoms with Gasteiger partial charge in [0.05, 0.1) is 11.6 Å². The van der Waals surface area contributed by atoms with Crippen molar-refractivity contribution in [1.29, 1.82) is 0 Å². The number of aryl methyl sites for hydroxylation is 1. The third-order valence-electron chi connectivity index (χ3n) is 5.46. The van der Waals surface area contributed by atoms with E-state index in [1.54, 1.807) is 24.3 Å². The van der Waals surface area contributed by atoms with Crippen molar-refractivity contribution < 1.29 is 18.4 Å². The molecular weight excluding hydrogens is 416 g/mol. The molecule has 0 radical (unpaired) electrons. The standard InChI is InChI=1S/C28H20O5/c1-18-14-15-21-23(17-18)32-26(22-13-8-16-31-22)27(25(21)29)33-28(30)24(19-9-4-2-5-10-19)20-11-6-3-7-12-20/h2-17,24H,1H3. The monoisotopic (exact) mass is 436 g/mol. The van der Waals surface area contributed by atoms with Gasteiger partial charge in [-0.05, 0) is 47.9 Å². The fourth-order valence-electron chi connectivity index (χ4n) is 3.86. The van der Waals surface area contributed by atoms with Gasteiger partial charge in [-0.2, -0.15) is 0 Å². The first-order chi connectivity index (χ1) is 16.1. The molecule has 2 aromatic heterocycles. The normalized spacial score (nSPS) is 11.1. The van der Waals surface area contributed by atoms with Crippen LogP contribution in [0.5, 0.6) is 5.75 Å². The number of carbonyl (C=O) groups is 1. The van der Waals surface area contributed by atoms with Crippen LogP contribution in [0.1, 0.15) is 22.6 Å². The van der Waals surface area contributed by atoms with Crippen LogP contribution in [-0.2, 0) is 4.79 Å². The van der Waals surface area contributed by atoms with Crippen molar-refractivity contribution in [3.05, 3.63) is 124 Å². The lowest BCUT2D eigenvalue weighted by molar-refractivity contribution is -0.135. The van der Waals surface area contributed by atoms with E-state index in [1.807, 2.05) is 73.7 Å². The topological polar surface area (TPSA) is 69.7 Å². The summed E-state index contributed by atoms with van der Waals surface area (Å²) in [5, 5.41) is 0.328. The Kier molecular flexibility index (Phi) is 5.37. The number of hydrogen-bond donors (Lipinski definition) is 0. The molecule has 3 aromatic carbocycles. The molecule has 5 aromatic rings. The Bertz CT molecular complexity index is 1430. The number of ether oxygens (including phenoxy) is 1. The molecular formula is C28H20O5. The molecule has 5 rings (SSSR count). The highest BCUT2D eigenvalue weighted by molar-refractivity contribution is 5.87. The highest BCUT2D eigenvalue weighted by Crippen LogP contribution is 2.34. The molecule has 162 valence electrons. The maximum absolute atomic E-state index is 13.5. The molecule has 0 aliphatic heterocycles. The Morgan fingerprint density at radius 2 is 1.52 bits per heavy atom. The summed E-state index contributed by atoms with van der Waals surface area (Å²) in [6.45, 7) is 1.91. The minimum atomic E-state index is -0.718. The Hall–Kier alpha value is -4.38. The summed E-state index contributed by atoms with van der Waals surface area (Å²) in [6, 6.07) is 27.2. The molecule has 0 fully saturated rings. The summed E-state index contributed by atoms with van der Waals surface area (Å²) in [5.74, 6) is -1.11. The molecule has 0 saturated carbocycles. The fraction of sp³-hybridized carbons (Fsp3) is 0.0714. The van der Waals surface area contributed by atoms with Crippen molar-refractivity contribution >= 4 is 16.9 Å². The van der Waals surface area contributed by atoms with Crippen molar-refractivity contribution in [3.8, 4) is 17.3 Å². The van der Waals surface area contributed by atoms with Crippen LogP contribution in [0.15, 0.2) is 111 Å². The first-order valence-electron chi connectivity index (χ1n) is 10.5. The number of benzene rings is 3. The summed E-state index contributed by atoms with van der Waals surface area (Å²) in [5.41, 5.74) is 2.42. The van der Waals surface area contributed by atoms with E-state index in [2.05, 4.69) is 0 Å². The van der Waals surface area contributed by atoms with E-state index in [0.717, 1.165) is 16.7 Å². The van der Waals surface area contributed by atoms with Crippen LogP contribution in [0.2, 0.25) is 0 Å². The highest BCUT2D eigenvalue weighted by atomic mass is 16.5. The van der Waals surface area contributed by atoms with E-state index in [0.29, 0.717) is 16.7 Å². The van der Waals surface area contributed by atoms with E-state index < -0.39 is 17.3 Å². The average Bonchev–Trinajstić information content (AvgIpc) is 3.37. The molecule has 0 spiro atoms. The number of fused-ring (bicyclic) bond motifs is 1. The predicted octanol–water partition coefficient (Wildman–Crippen LogP) is 6.10. The molecule has 5 heteroatoms. The fourth-order valence-corrected chi connectivity index (χ4v) is 3.86. The largest absolute Gasteiger partial charge is 0.461 e. The van der Waals surface area contributed by atoms with Gasteiger partial charge in [0.1, 0.15) is 11.5 Å². The quantitative estimate of drug-likeness (QED) is 0.311. The summed E-state index contributed by atoms with van der Waals surface area (Å²) in [4.78, 5) is 27.0. The molecule has 0 saturated heterocycles. The van der Waals surface area contributed by atoms with Gasteiger partial charge in [0.2, 0.25) is 16.9 Å². The number of furan rings is 1. The molecule has 0 N–H and O–H groups in total. The zero-order valence-electron chi connectivity index (χ0n) is 17.9. The lowest BCUT2D eigenvalue weighted by atomic mass is 9.91. The van der Waals surface area contributed by atoms with Crippen molar-refractivity contribution in [2.45, 2.75) is 12.8 Å². The van der Waals surface area contributed by atoms with Crippen molar-refractivity contribution in [2.24, 2.45) is 0 Å². The smallest absolute Gasteiger partial charge is 0.323 e. The molecule has 5 nitrogen and oxygen atoms in total. The zero-order chi connectivity index (χ0) is 22.8. The van der Waals surface area contributed by atoms with Crippen molar-refractivity contribution in [2.75, 3.05) is 0 Å². The number of esters is 1. The van der Waals surface area contributed by atoms with E-state index in [-0.39, 0.29) is 11.5 Å². The van der Waals surface area contributed by atoms with Gasteiger partial charge in [0.15, 0.2) is 5.76 Å². The molecule has 0 bridgehead atoms. The van der Waals surface area contributed by atoms with E-state index in [9.17, 15) is 9.59 Å². The van der Waals surface area contributed by atoms with Crippen LogP contribution in [0.25, 0.3) is 22.5 Å². The van der Waals surface area contributed by atoms with Crippen LogP contribution >= 0.6 is 0 Å². The second-order valence-corrected chi connectivity index (χ2v) is 7.74. The minimum absolute atomic E-state index is 0.0799. The maximum Gasteiger partial charge on any atom is 0.323 e. The van der Waals surface area contributed by atoms with Crippen LogP contribution in [0.4, 0.5) is 0 Å². The van der Waals surface area contributed by atoms with E-state index in [1.165, 1.54) is 6.26 Å². The van der Waals surface area contributed by atoms with Crippen molar-refractivity contribution in [1.82, 2.24) is 0 Å². The summed E-state index contributed by atoms with van der Waals surface area (Å²) in [6.07, 6.45) is 1.47. The molecule has 0 atom stereocenters. The van der Waals surface area contributed by atoms with E-state index >= 15 is 0 Å². The number of hydrogen-bond acceptors (Lipinski definition) is 5. The summed E-state index contributed by atoms with van der Waals surface area (Å²) >= 11 is 0. The third-order valence-corrected chi connectivity index (χ3v) is 5.46. The van der Waals surface area contributed by atoms with Gasteiger partial charge < -0.3 is 13.6 Å². The van der Waals surface area contributed by atoms with Gasteiger partial charge in [-0.15, -0.1) is 0 Å². The second-order valence-electron chi connectivity index (χ2n) is 7.74. The van der Waals surface area contributed by atoms with Gasteiger partial charge in [0.25, 0.3) is 0 Å². The Labute approximate surface area is 189 Å². The first kappa shape index (κ1) is 20.5. The van der Waals surface area contributed by atoms with Gasteiger partial charge >= 0.3 is 5.97 Å². The first-order valence-corrected chi connectivity index (χ1v) is 10.5. The summed E-state index contributed by atoms with van der Waals surface area (Å²) in [7, 11) is 0. The third kappa shape index (κ3) is 3.96. The Morgan fingerprint density at radius 1 is 0.848 bits per heavy atom. The average molecular weight is 436 g/mol. The number of rotatable bonds is 5. The zero-order valence-corrected chi connectivity index (χ0v) is 17.9. The van der Waals surface area contributed by atoms with Crippen LogP contribution in [0, 0.1) is 6.92 Å².